The molecule has 0 aliphatic heterocycles. The molecule has 3 rings (SSSR count). The fourth-order valence-corrected chi connectivity index (χ4v) is 1.89. The molecule has 3 heterocycles. The summed E-state index contributed by atoms with van der Waals surface area (Å²) in [5.41, 5.74) is 3.57. The van der Waals surface area contributed by atoms with E-state index in [2.05, 4.69) is 20.1 Å². The van der Waals surface area contributed by atoms with Gasteiger partial charge in [-0.15, -0.1) is 0 Å². The van der Waals surface area contributed by atoms with Crippen molar-refractivity contribution in [1.29, 1.82) is 0 Å². The van der Waals surface area contributed by atoms with Gasteiger partial charge in [-0.3, -0.25) is 4.98 Å². The Morgan fingerprint density at radius 3 is 2.74 bits per heavy atom. The van der Waals surface area contributed by atoms with Crippen LogP contribution in [0, 0.1) is 13.8 Å². The lowest BCUT2D eigenvalue weighted by Crippen LogP contribution is -1.90. The van der Waals surface area contributed by atoms with Crippen molar-refractivity contribution in [3.8, 4) is 23.0 Å². The van der Waals surface area contributed by atoms with Gasteiger partial charge in [0, 0.05) is 18.1 Å². The summed E-state index contributed by atoms with van der Waals surface area (Å²) in [6.45, 7) is 3.96. The van der Waals surface area contributed by atoms with E-state index in [-0.39, 0.29) is 0 Å². The Bertz CT molecular complexity index is 686. The summed E-state index contributed by atoms with van der Waals surface area (Å²) >= 11 is 0. The van der Waals surface area contributed by atoms with E-state index in [0.29, 0.717) is 11.7 Å². The zero-order valence-electron chi connectivity index (χ0n) is 10.7. The van der Waals surface area contributed by atoms with Gasteiger partial charge in [0.15, 0.2) is 0 Å². The van der Waals surface area contributed by atoms with Gasteiger partial charge in [0.1, 0.15) is 5.69 Å². The second-order valence-electron chi connectivity index (χ2n) is 4.34. The number of hydrogen-bond donors (Lipinski definition) is 0. The topological polar surface area (TPSA) is 64.7 Å². The fraction of sp³-hybridized carbons (Fsp3) is 0.143. The van der Waals surface area contributed by atoms with E-state index in [0.717, 1.165) is 22.5 Å². The summed E-state index contributed by atoms with van der Waals surface area (Å²) in [5.74, 6) is 0.940. The number of aromatic nitrogens is 4. The third-order valence-corrected chi connectivity index (χ3v) is 2.66. The predicted octanol–water partition coefficient (Wildman–Crippen LogP) is 2.81. The van der Waals surface area contributed by atoms with Crippen LogP contribution in [-0.2, 0) is 0 Å². The first-order chi connectivity index (χ1) is 9.22. The average Bonchev–Trinajstić information content (AvgIpc) is 2.88. The molecular weight excluding hydrogens is 240 g/mol. The SMILES string of the molecule is Cc1cc(C)nc(-c2noc(-c3cccnc3)n2)c1. The van der Waals surface area contributed by atoms with Gasteiger partial charge in [0.05, 0.1) is 5.56 Å². The Morgan fingerprint density at radius 1 is 1.11 bits per heavy atom. The molecule has 0 spiro atoms. The molecule has 19 heavy (non-hydrogen) atoms. The van der Waals surface area contributed by atoms with Crippen molar-refractivity contribution >= 4 is 0 Å². The first-order valence-corrected chi connectivity index (χ1v) is 5.92. The summed E-state index contributed by atoms with van der Waals surface area (Å²) in [6, 6.07) is 7.64. The summed E-state index contributed by atoms with van der Waals surface area (Å²) in [4.78, 5) is 12.8. The van der Waals surface area contributed by atoms with Crippen LogP contribution in [0.2, 0.25) is 0 Å². The lowest BCUT2D eigenvalue weighted by molar-refractivity contribution is 0.432. The number of pyridine rings is 2. The van der Waals surface area contributed by atoms with Crippen LogP contribution in [-0.4, -0.2) is 20.1 Å². The van der Waals surface area contributed by atoms with Crippen molar-refractivity contribution in [1.82, 2.24) is 20.1 Å². The quantitative estimate of drug-likeness (QED) is 0.701. The lowest BCUT2D eigenvalue weighted by Gasteiger charge is -1.98. The molecule has 94 valence electrons. The smallest absolute Gasteiger partial charge is 0.259 e. The van der Waals surface area contributed by atoms with Crippen LogP contribution in [0.1, 0.15) is 11.3 Å². The molecule has 5 heteroatoms. The minimum Gasteiger partial charge on any atom is -0.333 e. The van der Waals surface area contributed by atoms with E-state index >= 15 is 0 Å². The summed E-state index contributed by atoms with van der Waals surface area (Å²) < 4.78 is 5.24. The van der Waals surface area contributed by atoms with Gasteiger partial charge in [-0.2, -0.15) is 4.98 Å². The minimum atomic E-state index is 0.448. The molecule has 0 N–H and O–H groups in total. The predicted molar refractivity (Wildman–Crippen MR) is 70.2 cm³/mol. The Labute approximate surface area is 110 Å². The van der Waals surface area contributed by atoms with E-state index in [1.807, 2.05) is 38.1 Å². The minimum absolute atomic E-state index is 0.448. The summed E-state index contributed by atoms with van der Waals surface area (Å²) in [5, 5.41) is 3.97. The molecule has 0 aliphatic carbocycles. The maximum absolute atomic E-state index is 5.24. The Balaban J connectivity index is 2.02. The molecule has 0 aliphatic rings. The van der Waals surface area contributed by atoms with Crippen LogP contribution in [0.4, 0.5) is 0 Å². The zero-order valence-corrected chi connectivity index (χ0v) is 10.7. The third kappa shape index (κ3) is 2.35. The van der Waals surface area contributed by atoms with Gasteiger partial charge in [-0.05, 0) is 43.7 Å². The average molecular weight is 252 g/mol. The molecule has 0 atom stereocenters. The first kappa shape index (κ1) is 11.5. The van der Waals surface area contributed by atoms with Gasteiger partial charge in [-0.1, -0.05) is 5.16 Å². The van der Waals surface area contributed by atoms with Crippen molar-refractivity contribution in [2.24, 2.45) is 0 Å². The standard InChI is InChI=1S/C14H12N4O/c1-9-6-10(2)16-12(7-9)13-17-14(19-18-13)11-4-3-5-15-8-11/h3-8H,1-2H3. The first-order valence-electron chi connectivity index (χ1n) is 5.92. The molecule has 0 aromatic carbocycles. The third-order valence-electron chi connectivity index (χ3n) is 2.66. The molecule has 3 aromatic heterocycles. The Morgan fingerprint density at radius 2 is 2.00 bits per heavy atom. The lowest BCUT2D eigenvalue weighted by atomic mass is 10.2. The second kappa shape index (κ2) is 4.61. The van der Waals surface area contributed by atoms with Crippen molar-refractivity contribution in [2.75, 3.05) is 0 Å². The van der Waals surface area contributed by atoms with E-state index in [9.17, 15) is 0 Å². The van der Waals surface area contributed by atoms with Gasteiger partial charge >= 0.3 is 0 Å². The fourth-order valence-electron chi connectivity index (χ4n) is 1.89. The highest BCUT2D eigenvalue weighted by Gasteiger charge is 2.12. The number of hydrogen-bond acceptors (Lipinski definition) is 5. The highest BCUT2D eigenvalue weighted by Crippen LogP contribution is 2.21. The zero-order chi connectivity index (χ0) is 13.2. The second-order valence-corrected chi connectivity index (χ2v) is 4.34. The molecule has 0 radical (unpaired) electrons. The highest BCUT2D eigenvalue weighted by atomic mass is 16.5. The maximum atomic E-state index is 5.24. The van der Waals surface area contributed by atoms with Crippen molar-refractivity contribution in [3.63, 3.8) is 0 Å². The van der Waals surface area contributed by atoms with Crippen molar-refractivity contribution < 1.29 is 4.52 Å². The van der Waals surface area contributed by atoms with Crippen LogP contribution < -0.4 is 0 Å². The molecule has 3 aromatic rings. The number of aryl methyl sites for hydroxylation is 2. The van der Waals surface area contributed by atoms with E-state index < -0.39 is 0 Å². The van der Waals surface area contributed by atoms with Crippen molar-refractivity contribution in [3.05, 3.63) is 47.9 Å². The molecule has 0 saturated carbocycles. The Kier molecular flexibility index (Phi) is 2.79. The molecule has 0 fully saturated rings. The molecule has 0 unspecified atom stereocenters. The van der Waals surface area contributed by atoms with Gasteiger partial charge in [-0.25, -0.2) is 4.98 Å². The summed E-state index contributed by atoms with van der Waals surface area (Å²) in [7, 11) is 0. The number of rotatable bonds is 2. The van der Waals surface area contributed by atoms with Gasteiger partial charge in [0.25, 0.3) is 5.89 Å². The van der Waals surface area contributed by atoms with Crippen molar-refractivity contribution in [2.45, 2.75) is 13.8 Å². The molecule has 0 amide bonds. The maximum Gasteiger partial charge on any atom is 0.259 e. The monoisotopic (exact) mass is 252 g/mol. The van der Waals surface area contributed by atoms with E-state index in [4.69, 9.17) is 4.52 Å². The van der Waals surface area contributed by atoms with Crippen LogP contribution in [0.3, 0.4) is 0 Å². The normalized spacial score (nSPS) is 10.6. The molecular formula is C14H12N4O. The van der Waals surface area contributed by atoms with Gasteiger partial charge in [0.2, 0.25) is 5.82 Å². The van der Waals surface area contributed by atoms with Crippen LogP contribution in [0.25, 0.3) is 23.0 Å². The van der Waals surface area contributed by atoms with E-state index in [1.54, 1.807) is 12.4 Å². The van der Waals surface area contributed by atoms with Crippen LogP contribution >= 0.6 is 0 Å². The number of nitrogens with zero attached hydrogens (tertiary/aromatic N) is 4. The largest absolute Gasteiger partial charge is 0.333 e. The molecule has 5 nitrogen and oxygen atoms in total. The van der Waals surface area contributed by atoms with Gasteiger partial charge < -0.3 is 4.52 Å². The van der Waals surface area contributed by atoms with Crippen LogP contribution in [0.5, 0.6) is 0 Å². The molecule has 0 bridgehead atoms. The summed E-state index contributed by atoms with van der Waals surface area (Å²) in [6.07, 6.45) is 3.39. The van der Waals surface area contributed by atoms with Crippen LogP contribution in [0.15, 0.2) is 41.2 Å². The van der Waals surface area contributed by atoms with E-state index in [1.165, 1.54) is 0 Å². The highest BCUT2D eigenvalue weighted by molar-refractivity contribution is 5.56. The molecule has 0 saturated heterocycles. The Hall–Kier alpha value is -2.56.